The van der Waals surface area contributed by atoms with Crippen molar-refractivity contribution in [2.75, 3.05) is 6.61 Å². The minimum Gasteiger partial charge on any atom is -0.463 e. The quantitative estimate of drug-likeness (QED) is 0.653. The van der Waals surface area contributed by atoms with Crippen LogP contribution in [0.5, 0.6) is 0 Å². The Hall–Kier alpha value is -0.570. The summed E-state index contributed by atoms with van der Waals surface area (Å²) in [7, 11) is 0. The van der Waals surface area contributed by atoms with Crippen LogP contribution in [0, 0.1) is 5.92 Å². The molecule has 3 heteroatoms. The number of carbonyl (C=O) groups is 1. The van der Waals surface area contributed by atoms with Gasteiger partial charge in [0.15, 0.2) is 0 Å². The number of unbranched alkanes of at least 4 members (excludes halogenated alkanes) is 1. The van der Waals surface area contributed by atoms with E-state index in [1.165, 1.54) is 25.7 Å². The number of hydrogen-bond donors (Lipinski definition) is 0. The molecule has 0 radical (unpaired) electrons. The smallest absolute Gasteiger partial charge is 0.305 e. The Kier molecular flexibility index (Phi) is 5.48. The van der Waals surface area contributed by atoms with Crippen molar-refractivity contribution >= 4 is 5.97 Å². The number of ether oxygens (including phenoxy) is 2. The van der Waals surface area contributed by atoms with E-state index in [1.807, 2.05) is 0 Å². The van der Waals surface area contributed by atoms with Crippen molar-refractivity contribution in [3.63, 3.8) is 0 Å². The van der Waals surface area contributed by atoms with Crippen LogP contribution in [0.4, 0.5) is 0 Å². The third-order valence-electron chi connectivity index (χ3n) is 4.18. The van der Waals surface area contributed by atoms with E-state index in [0.29, 0.717) is 19.1 Å². The lowest BCUT2D eigenvalue weighted by molar-refractivity contribution is -0.147. The molecule has 1 saturated carbocycles. The molecule has 0 unspecified atom stereocenters. The molecule has 0 amide bonds. The predicted octanol–water partition coefficient (Wildman–Crippen LogP) is 3.46. The molecule has 0 spiro atoms. The van der Waals surface area contributed by atoms with Gasteiger partial charge in [0.25, 0.3) is 0 Å². The molecule has 1 saturated heterocycles. The molecular weight excluding hydrogens is 228 g/mol. The van der Waals surface area contributed by atoms with Crippen molar-refractivity contribution in [1.29, 1.82) is 0 Å². The van der Waals surface area contributed by atoms with Crippen LogP contribution in [0.3, 0.4) is 0 Å². The van der Waals surface area contributed by atoms with E-state index < -0.39 is 0 Å². The maximum absolute atomic E-state index is 11.4. The Balaban J connectivity index is 1.56. The molecule has 18 heavy (non-hydrogen) atoms. The van der Waals surface area contributed by atoms with Gasteiger partial charge in [-0.1, -0.05) is 32.6 Å². The molecule has 1 aliphatic heterocycles. The van der Waals surface area contributed by atoms with Gasteiger partial charge in [0.05, 0.1) is 12.2 Å². The molecule has 2 rings (SSSR count). The van der Waals surface area contributed by atoms with Crippen molar-refractivity contribution in [2.24, 2.45) is 5.92 Å². The number of rotatable bonds is 7. The van der Waals surface area contributed by atoms with Crippen LogP contribution in [0.15, 0.2) is 0 Å². The summed E-state index contributed by atoms with van der Waals surface area (Å²) in [5.41, 5.74) is 0. The highest BCUT2D eigenvalue weighted by Gasteiger charge is 2.30. The first-order valence-electron chi connectivity index (χ1n) is 7.59. The van der Waals surface area contributed by atoms with Crippen molar-refractivity contribution < 1.29 is 14.3 Å². The third kappa shape index (κ3) is 4.27. The maximum atomic E-state index is 11.4. The van der Waals surface area contributed by atoms with Crippen molar-refractivity contribution in [1.82, 2.24) is 0 Å². The largest absolute Gasteiger partial charge is 0.463 e. The van der Waals surface area contributed by atoms with E-state index in [-0.39, 0.29) is 12.1 Å². The maximum Gasteiger partial charge on any atom is 0.305 e. The molecule has 1 aliphatic carbocycles. The van der Waals surface area contributed by atoms with Crippen LogP contribution in [0.1, 0.15) is 64.7 Å². The standard InChI is InChI=1S/C15H26O3/c1-2-3-7-15(16)17-11-14-9-8-13(18-14)10-12-5-4-6-12/h12-14H,2-11H2,1H3/t13-,14+/m1/s1. The van der Waals surface area contributed by atoms with Gasteiger partial charge in [-0.2, -0.15) is 0 Å². The lowest BCUT2D eigenvalue weighted by Gasteiger charge is -2.27. The molecule has 2 aliphatic rings. The zero-order valence-electron chi connectivity index (χ0n) is 11.5. The van der Waals surface area contributed by atoms with Crippen LogP contribution >= 0.6 is 0 Å². The molecular formula is C15H26O3. The van der Waals surface area contributed by atoms with Gasteiger partial charge in [0.2, 0.25) is 0 Å². The Morgan fingerprint density at radius 2 is 2.00 bits per heavy atom. The zero-order valence-corrected chi connectivity index (χ0v) is 11.5. The molecule has 0 bridgehead atoms. The topological polar surface area (TPSA) is 35.5 Å². The van der Waals surface area contributed by atoms with Crippen LogP contribution in [-0.4, -0.2) is 24.8 Å². The van der Waals surface area contributed by atoms with Crippen LogP contribution < -0.4 is 0 Å². The van der Waals surface area contributed by atoms with Crippen LogP contribution in [0.25, 0.3) is 0 Å². The van der Waals surface area contributed by atoms with Crippen molar-refractivity contribution in [2.45, 2.75) is 76.9 Å². The first-order valence-corrected chi connectivity index (χ1v) is 7.59. The van der Waals surface area contributed by atoms with E-state index >= 15 is 0 Å². The molecule has 1 heterocycles. The highest BCUT2D eigenvalue weighted by Crippen LogP contribution is 2.34. The Morgan fingerprint density at radius 3 is 2.67 bits per heavy atom. The van der Waals surface area contributed by atoms with E-state index in [0.717, 1.165) is 31.6 Å². The van der Waals surface area contributed by atoms with Gasteiger partial charge in [0, 0.05) is 6.42 Å². The van der Waals surface area contributed by atoms with E-state index in [9.17, 15) is 4.79 Å². The highest BCUT2D eigenvalue weighted by atomic mass is 16.6. The van der Waals surface area contributed by atoms with Crippen LogP contribution in [0.2, 0.25) is 0 Å². The minimum absolute atomic E-state index is 0.0668. The fraction of sp³-hybridized carbons (Fsp3) is 0.933. The summed E-state index contributed by atoms with van der Waals surface area (Å²) in [6.07, 6.45) is 10.7. The highest BCUT2D eigenvalue weighted by molar-refractivity contribution is 5.69. The van der Waals surface area contributed by atoms with Gasteiger partial charge >= 0.3 is 5.97 Å². The van der Waals surface area contributed by atoms with Gasteiger partial charge in [-0.3, -0.25) is 4.79 Å². The van der Waals surface area contributed by atoms with E-state index in [1.54, 1.807) is 0 Å². The Bertz CT molecular complexity index is 260. The van der Waals surface area contributed by atoms with Gasteiger partial charge in [-0.25, -0.2) is 0 Å². The van der Waals surface area contributed by atoms with Gasteiger partial charge in [-0.05, 0) is 31.6 Å². The summed E-state index contributed by atoms with van der Waals surface area (Å²) in [6, 6.07) is 0. The molecule has 0 aromatic carbocycles. The summed E-state index contributed by atoms with van der Waals surface area (Å²) >= 11 is 0. The summed E-state index contributed by atoms with van der Waals surface area (Å²) in [5.74, 6) is 0.837. The summed E-state index contributed by atoms with van der Waals surface area (Å²) in [6.45, 7) is 2.54. The second-order valence-electron chi connectivity index (χ2n) is 5.78. The fourth-order valence-electron chi connectivity index (χ4n) is 2.76. The van der Waals surface area contributed by atoms with E-state index in [2.05, 4.69) is 6.92 Å². The van der Waals surface area contributed by atoms with Crippen LogP contribution in [-0.2, 0) is 14.3 Å². The lowest BCUT2D eigenvalue weighted by Crippen LogP contribution is -2.22. The SMILES string of the molecule is CCCCC(=O)OC[C@@H]1CC[C@H](CC2CCC2)O1. The first kappa shape index (κ1) is 13.9. The van der Waals surface area contributed by atoms with Gasteiger partial charge < -0.3 is 9.47 Å². The second-order valence-corrected chi connectivity index (χ2v) is 5.78. The summed E-state index contributed by atoms with van der Waals surface area (Å²) in [5, 5.41) is 0. The van der Waals surface area contributed by atoms with Gasteiger partial charge in [0.1, 0.15) is 6.61 Å². The molecule has 0 aromatic heterocycles. The van der Waals surface area contributed by atoms with Gasteiger partial charge in [-0.15, -0.1) is 0 Å². The molecule has 0 N–H and O–H groups in total. The molecule has 3 nitrogen and oxygen atoms in total. The predicted molar refractivity (Wildman–Crippen MR) is 70.3 cm³/mol. The van der Waals surface area contributed by atoms with Crippen molar-refractivity contribution in [3.05, 3.63) is 0 Å². The lowest BCUT2D eigenvalue weighted by atomic mass is 9.81. The Labute approximate surface area is 110 Å². The third-order valence-corrected chi connectivity index (χ3v) is 4.18. The number of esters is 1. The monoisotopic (exact) mass is 254 g/mol. The molecule has 2 atom stereocenters. The zero-order chi connectivity index (χ0) is 12.8. The van der Waals surface area contributed by atoms with E-state index in [4.69, 9.17) is 9.47 Å². The first-order chi connectivity index (χ1) is 8.78. The van der Waals surface area contributed by atoms with Crippen molar-refractivity contribution in [3.8, 4) is 0 Å². The fourth-order valence-corrected chi connectivity index (χ4v) is 2.76. The molecule has 2 fully saturated rings. The number of carbonyl (C=O) groups excluding carboxylic acids is 1. The normalized spacial score (nSPS) is 28.1. The number of hydrogen-bond acceptors (Lipinski definition) is 3. The molecule has 104 valence electrons. The Morgan fingerprint density at radius 1 is 1.22 bits per heavy atom. The second kappa shape index (κ2) is 7.13. The summed E-state index contributed by atoms with van der Waals surface area (Å²) in [4.78, 5) is 11.4. The average Bonchev–Trinajstić information content (AvgIpc) is 2.76. The minimum atomic E-state index is -0.0668. The molecule has 0 aromatic rings. The summed E-state index contributed by atoms with van der Waals surface area (Å²) < 4.78 is 11.2. The average molecular weight is 254 g/mol.